The van der Waals surface area contributed by atoms with Crippen molar-refractivity contribution in [1.29, 1.82) is 0 Å². The molecule has 0 spiro atoms. The topological polar surface area (TPSA) is 43.4 Å². The predicted octanol–water partition coefficient (Wildman–Crippen LogP) is 3.59. The first-order valence-corrected chi connectivity index (χ1v) is 8.54. The lowest BCUT2D eigenvalue weighted by Gasteiger charge is -2.13. The van der Waals surface area contributed by atoms with E-state index < -0.39 is 10.8 Å². The molecule has 0 aliphatic heterocycles. The fraction of sp³-hybridized carbons (Fsp3) is 0.500. The van der Waals surface area contributed by atoms with Crippen molar-refractivity contribution in [3.8, 4) is 0 Å². The Morgan fingerprint density at radius 3 is 2.65 bits per heavy atom. The van der Waals surface area contributed by atoms with Gasteiger partial charge in [0.2, 0.25) is 0 Å². The van der Waals surface area contributed by atoms with Crippen LogP contribution >= 0.6 is 23.2 Å². The first kappa shape index (κ1) is 15.8. The molecule has 1 atom stereocenters. The SMILES string of the molecule is COC(=O)CC1(CS(=O)Cc2ccc(Cl)cc2Cl)CC1. The predicted molar refractivity (Wildman–Crippen MR) is 81.5 cm³/mol. The Balaban J connectivity index is 1.94. The number of benzene rings is 1. The quantitative estimate of drug-likeness (QED) is 0.746. The van der Waals surface area contributed by atoms with Crippen LogP contribution in [0.4, 0.5) is 0 Å². The Labute approximate surface area is 131 Å². The number of hydrogen-bond acceptors (Lipinski definition) is 3. The number of halogens is 2. The van der Waals surface area contributed by atoms with E-state index in [0.29, 0.717) is 28.0 Å². The van der Waals surface area contributed by atoms with Crippen LogP contribution in [-0.2, 0) is 26.1 Å². The molecule has 1 saturated carbocycles. The summed E-state index contributed by atoms with van der Waals surface area (Å²) in [7, 11) is 0.329. The lowest BCUT2D eigenvalue weighted by molar-refractivity contribution is -0.141. The van der Waals surface area contributed by atoms with E-state index in [4.69, 9.17) is 23.2 Å². The highest BCUT2D eigenvalue weighted by atomic mass is 35.5. The summed E-state index contributed by atoms with van der Waals surface area (Å²) in [5.41, 5.74) is 0.694. The smallest absolute Gasteiger partial charge is 0.306 e. The lowest BCUT2D eigenvalue weighted by atomic mass is 10.1. The zero-order chi connectivity index (χ0) is 14.8. The number of rotatable bonds is 6. The van der Waals surface area contributed by atoms with Gasteiger partial charge in [-0.15, -0.1) is 0 Å². The molecule has 0 amide bonds. The Morgan fingerprint density at radius 2 is 2.10 bits per heavy atom. The molecule has 1 aromatic carbocycles. The molecule has 0 aromatic heterocycles. The third-order valence-corrected chi connectivity index (χ3v) is 5.66. The highest BCUT2D eigenvalue weighted by Gasteiger charge is 2.45. The fourth-order valence-electron chi connectivity index (χ4n) is 2.13. The van der Waals surface area contributed by atoms with E-state index in [1.165, 1.54) is 7.11 Å². The summed E-state index contributed by atoms with van der Waals surface area (Å²) in [5.74, 6) is 0.670. The van der Waals surface area contributed by atoms with Gasteiger partial charge < -0.3 is 4.74 Å². The second kappa shape index (κ2) is 6.46. The molecule has 0 saturated heterocycles. The summed E-state index contributed by atoms with van der Waals surface area (Å²) in [5, 5.41) is 1.09. The van der Waals surface area contributed by atoms with Crippen molar-refractivity contribution >= 4 is 40.0 Å². The number of esters is 1. The van der Waals surface area contributed by atoms with E-state index in [1.54, 1.807) is 18.2 Å². The molecule has 20 heavy (non-hydrogen) atoms. The molecule has 3 nitrogen and oxygen atoms in total. The van der Waals surface area contributed by atoms with Crippen molar-refractivity contribution in [2.75, 3.05) is 12.9 Å². The minimum atomic E-state index is -1.05. The summed E-state index contributed by atoms with van der Waals surface area (Å²) in [4.78, 5) is 11.3. The summed E-state index contributed by atoms with van der Waals surface area (Å²) in [6.45, 7) is 0. The van der Waals surface area contributed by atoms with Crippen LogP contribution in [0.3, 0.4) is 0 Å². The molecule has 1 fully saturated rings. The van der Waals surface area contributed by atoms with Gasteiger partial charge in [-0.25, -0.2) is 0 Å². The average Bonchev–Trinajstić information content (AvgIpc) is 3.12. The fourth-order valence-corrected chi connectivity index (χ4v) is 4.46. The van der Waals surface area contributed by atoms with Crippen molar-refractivity contribution in [2.45, 2.75) is 25.0 Å². The van der Waals surface area contributed by atoms with Gasteiger partial charge in [0.25, 0.3) is 0 Å². The molecular formula is C14H16Cl2O3S. The summed E-state index contributed by atoms with van der Waals surface area (Å²) in [6, 6.07) is 5.18. The lowest BCUT2D eigenvalue weighted by Crippen LogP contribution is -2.18. The van der Waals surface area contributed by atoms with Crippen LogP contribution in [0.25, 0.3) is 0 Å². The van der Waals surface area contributed by atoms with Crippen LogP contribution in [0.15, 0.2) is 18.2 Å². The van der Waals surface area contributed by atoms with Gasteiger partial charge in [0.05, 0.1) is 19.3 Å². The largest absolute Gasteiger partial charge is 0.469 e. The zero-order valence-corrected chi connectivity index (χ0v) is 13.5. The maximum atomic E-state index is 12.2. The van der Waals surface area contributed by atoms with E-state index in [2.05, 4.69) is 4.74 Å². The van der Waals surface area contributed by atoms with Crippen molar-refractivity contribution in [2.24, 2.45) is 5.41 Å². The molecule has 0 N–H and O–H groups in total. The molecule has 110 valence electrons. The maximum absolute atomic E-state index is 12.2. The molecule has 1 unspecified atom stereocenters. The van der Waals surface area contributed by atoms with E-state index in [-0.39, 0.29) is 11.4 Å². The van der Waals surface area contributed by atoms with Crippen molar-refractivity contribution < 1.29 is 13.7 Å². The molecule has 2 rings (SSSR count). The standard InChI is InChI=1S/C14H16Cl2O3S/c1-19-13(17)7-14(4-5-14)9-20(18)8-10-2-3-11(15)6-12(10)16/h2-3,6H,4-5,7-9H2,1H3. The molecule has 0 radical (unpaired) electrons. The molecule has 0 bridgehead atoms. The zero-order valence-electron chi connectivity index (χ0n) is 11.2. The van der Waals surface area contributed by atoms with E-state index in [0.717, 1.165) is 18.4 Å². The van der Waals surface area contributed by atoms with Gasteiger partial charge in [0.1, 0.15) is 0 Å². The number of hydrogen-bond donors (Lipinski definition) is 0. The van der Waals surface area contributed by atoms with Gasteiger partial charge >= 0.3 is 5.97 Å². The third-order valence-electron chi connectivity index (χ3n) is 3.50. The van der Waals surface area contributed by atoms with Gasteiger partial charge in [-0.05, 0) is 36.0 Å². The Kier molecular flexibility index (Phi) is 5.10. The van der Waals surface area contributed by atoms with Crippen molar-refractivity contribution in [3.05, 3.63) is 33.8 Å². The van der Waals surface area contributed by atoms with Gasteiger partial charge in [-0.3, -0.25) is 9.00 Å². The highest BCUT2D eigenvalue weighted by molar-refractivity contribution is 7.84. The van der Waals surface area contributed by atoms with Crippen LogP contribution in [0.2, 0.25) is 10.0 Å². The maximum Gasteiger partial charge on any atom is 0.306 e. The van der Waals surface area contributed by atoms with Gasteiger partial charge in [0, 0.05) is 26.6 Å². The number of ether oxygens (including phenoxy) is 1. The molecule has 6 heteroatoms. The Hall–Kier alpha value is -0.580. The number of carbonyl (C=O) groups is 1. The van der Waals surface area contributed by atoms with Crippen LogP contribution in [0.1, 0.15) is 24.8 Å². The first-order chi connectivity index (χ1) is 9.44. The first-order valence-electron chi connectivity index (χ1n) is 6.30. The number of carbonyl (C=O) groups excluding carboxylic acids is 1. The average molecular weight is 335 g/mol. The summed E-state index contributed by atoms with van der Waals surface area (Å²) >= 11 is 11.9. The highest BCUT2D eigenvalue weighted by Crippen LogP contribution is 2.49. The van der Waals surface area contributed by atoms with E-state index in [1.807, 2.05) is 0 Å². The van der Waals surface area contributed by atoms with Gasteiger partial charge in [-0.1, -0.05) is 29.3 Å². The molecule has 1 aliphatic rings. The molecular weight excluding hydrogens is 319 g/mol. The minimum Gasteiger partial charge on any atom is -0.469 e. The van der Waals surface area contributed by atoms with Crippen LogP contribution in [0.5, 0.6) is 0 Å². The van der Waals surface area contributed by atoms with E-state index in [9.17, 15) is 9.00 Å². The summed E-state index contributed by atoms with van der Waals surface area (Å²) in [6.07, 6.45) is 2.22. The monoisotopic (exact) mass is 334 g/mol. The second-order valence-electron chi connectivity index (χ2n) is 5.22. The van der Waals surface area contributed by atoms with Crippen molar-refractivity contribution in [3.63, 3.8) is 0 Å². The van der Waals surface area contributed by atoms with Gasteiger partial charge in [-0.2, -0.15) is 0 Å². The Morgan fingerprint density at radius 1 is 1.40 bits per heavy atom. The van der Waals surface area contributed by atoms with E-state index >= 15 is 0 Å². The molecule has 1 aliphatic carbocycles. The normalized spacial score (nSPS) is 17.6. The number of methoxy groups -OCH3 is 1. The third kappa shape index (κ3) is 4.21. The van der Waals surface area contributed by atoms with Crippen molar-refractivity contribution in [1.82, 2.24) is 0 Å². The Bertz CT molecular complexity index is 541. The summed E-state index contributed by atoms with van der Waals surface area (Å²) < 4.78 is 16.9. The van der Waals surface area contributed by atoms with Crippen LogP contribution < -0.4 is 0 Å². The van der Waals surface area contributed by atoms with Crippen LogP contribution in [0, 0.1) is 5.41 Å². The van der Waals surface area contributed by atoms with Gasteiger partial charge in [0.15, 0.2) is 0 Å². The second-order valence-corrected chi connectivity index (χ2v) is 7.52. The molecule has 1 aromatic rings. The van der Waals surface area contributed by atoms with Crippen LogP contribution in [-0.4, -0.2) is 23.0 Å². The minimum absolute atomic E-state index is 0.128. The molecule has 0 heterocycles.